The molecule has 0 bridgehead atoms. The van der Waals surface area contributed by atoms with Crippen LogP contribution >= 0.6 is 0 Å². The van der Waals surface area contributed by atoms with Crippen LogP contribution in [0.1, 0.15) is 42.0 Å². The second-order valence-electron chi connectivity index (χ2n) is 6.78. The molecule has 0 saturated carbocycles. The summed E-state index contributed by atoms with van der Waals surface area (Å²) >= 11 is 0. The first-order valence-corrected chi connectivity index (χ1v) is 7.78. The molecular weight excluding hydrogens is 278 g/mol. The van der Waals surface area contributed by atoms with E-state index >= 15 is 0 Å². The van der Waals surface area contributed by atoms with Gasteiger partial charge in [-0.25, -0.2) is 0 Å². The molecule has 1 amide bonds. The van der Waals surface area contributed by atoms with Crippen LogP contribution in [0.4, 0.5) is 0 Å². The molecule has 1 aromatic rings. The smallest absolute Gasteiger partial charge is 0.256 e. The zero-order chi connectivity index (χ0) is 16.1. The normalized spacial score (nSPS) is 27.3. The molecular formula is C18H23NO3. The number of aliphatic hydroxyl groups excluding tert-OH is 1. The standard InChI is InChI=1S/C18H23NO3/c1-10-7-11(2)14(12(3)8-10)15-16(20)18(4,19-17(15)21)6-5-13-9-22-13/h7-8,13,20H,5-6,9H2,1-4H3,(H,19,21). The van der Waals surface area contributed by atoms with Gasteiger partial charge in [0.05, 0.1) is 23.8 Å². The van der Waals surface area contributed by atoms with E-state index in [1.807, 2.05) is 39.8 Å². The van der Waals surface area contributed by atoms with Crippen LogP contribution in [0.5, 0.6) is 0 Å². The van der Waals surface area contributed by atoms with Crippen molar-refractivity contribution in [3.05, 3.63) is 40.1 Å². The third kappa shape index (κ3) is 2.52. The fourth-order valence-corrected chi connectivity index (χ4v) is 3.43. The molecule has 1 aromatic carbocycles. The van der Waals surface area contributed by atoms with Crippen molar-refractivity contribution in [2.45, 2.75) is 52.2 Å². The number of benzene rings is 1. The lowest BCUT2D eigenvalue weighted by atomic mass is 9.89. The summed E-state index contributed by atoms with van der Waals surface area (Å²) in [6.07, 6.45) is 1.82. The second-order valence-corrected chi connectivity index (χ2v) is 6.78. The van der Waals surface area contributed by atoms with Gasteiger partial charge in [0.1, 0.15) is 5.76 Å². The lowest BCUT2D eigenvalue weighted by molar-refractivity contribution is -0.116. The molecule has 2 heterocycles. The molecule has 0 spiro atoms. The first-order chi connectivity index (χ1) is 10.3. The quantitative estimate of drug-likeness (QED) is 0.841. The fourth-order valence-electron chi connectivity index (χ4n) is 3.43. The van der Waals surface area contributed by atoms with Crippen LogP contribution in [0.15, 0.2) is 17.9 Å². The van der Waals surface area contributed by atoms with Gasteiger partial charge >= 0.3 is 0 Å². The van der Waals surface area contributed by atoms with Gasteiger partial charge in [0, 0.05) is 0 Å². The van der Waals surface area contributed by atoms with E-state index in [1.54, 1.807) is 0 Å². The zero-order valence-corrected chi connectivity index (χ0v) is 13.6. The van der Waals surface area contributed by atoms with E-state index < -0.39 is 5.54 Å². The Morgan fingerprint density at radius 1 is 1.32 bits per heavy atom. The number of ether oxygens (including phenoxy) is 1. The Balaban J connectivity index is 2.01. The maximum Gasteiger partial charge on any atom is 0.256 e. The molecule has 0 aromatic heterocycles. The molecule has 1 fully saturated rings. The second kappa shape index (κ2) is 5.13. The number of hydrogen-bond donors (Lipinski definition) is 2. The summed E-state index contributed by atoms with van der Waals surface area (Å²) in [4.78, 5) is 12.5. The first kappa shape index (κ1) is 15.1. The third-order valence-electron chi connectivity index (χ3n) is 4.67. The number of rotatable bonds is 4. The van der Waals surface area contributed by atoms with Crippen molar-refractivity contribution in [1.29, 1.82) is 0 Å². The summed E-state index contributed by atoms with van der Waals surface area (Å²) in [5, 5.41) is 13.7. The maximum absolute atomic E-state index is 12.5. The van der Waals surface area contributed by atoms with Crippen molar-refractivity contribution in [2.24, 2.45) is 0 Å². The molecule has 0 radical (unpaired) electrons. The molecule has 0 aliphatic carbocycles. The lowest BCUT2D eigenvalue weighted by Crippen LogP contribution is -2.41. The van der Waals surface area contributed by atoms with Gasteiger partial charge in [-0.2, -0.15) is 0 Å². The molecule has 3 rings (SSSR count). The third-order valence-corrected chi connectivity index (χ3v) is 4.67. The number of hydrogen-bond acceptors (Lipinski definition) is 3. The molecule has 118 valence electrons. The Bertz CT molecular complexity index is 650. The summed E-state index contributed by atoms with van der Waals surface area (Å²) in [5.41, 5.74) is 3.78. The number of carbonyl (C=O) groups excluding carboxylic acids is 1. The Morgan fingerprint density at radius 3 is 2.45 bits per heavy atom. The predicted octanol–water partition coefficient (Wildman–Crippen LogP) is 2.95. The number of aliphatic hydroxyl groups is 1. The SMILES string of the molecule is Cc1cc(C)c(C2=C(O)C(C)(CCC3CO3)NC2=O)c(C)c1. The number of epoxide rings is 1. The minimum Gasteiger partial charge on any atom is -0.509 e. The van der Waals surface area contributed by atoms with Gasteiger partial charge in [0.25, 0.3) is 5.91 Å². The van der Waals surface area contributed by atoms with Gasteiger partial charge in [-0.3, -0.25) is 4.79 Å². The van der Waals surface area contributed by atoms with Crippen molar-refractivity contribution in [2.75, 3.05) is 6.61 Å². The fraction of sp³-hybridized carbons (Fsp3) is 0.500. The largest absolute Gasteiger partial charge is 0.509 e. The summed E-state index contributed by atoms with van der Waals surface area (Å²) in [6, 6.07) is 4.09. The molecule has 4 heteroatoms. The number of carbonyl (C=O) groups is 1. The van der Waals surface area contributed by atoms with Crippen molar-refractivity contribution < 1.29 is 14.6 Å². The van der Waals surface area contributed by atoms with E-state index in [4.69, 9.17) is 4.74 Å². The Hall–Kier alpha value is -1.81. The lowest BCUT2D eigenvalue weighted by Gasteiger charge is -2.24. The van der Waals surface area contributed by atoms with Gasteiger partial charge in [-0.15, -0.1) is 0 Å². The highest BCUT2D eigenvalue weighted by atomic mass is 16.6. The molecule has 2 aliphatic heterocycles. The summed E-state index contributed by atoms with van der Waals surface area (Å²) in [6.45, 7) is 8.67. The van der Waals surface area contributed by atoms with E-state index in [0.717, 1.165) is 35.3 Å². The minimum atomic E-state index is -0.692. The van der Waals surface area contributed by atoms with E-state index in [1.165, 1.54) is 0 Å². The topological polar surface area (TPSA) is 61.9 Å². The van der Waals surface area contributed by atoms with Crippen LogP contribution < -0.4 is 5.32 Å². The molecule has 2 unspecified atom stereocenters. The van der Waals surface area contributed by atoms with Crippen LogP contribution in [0, 0.1) is 20.8 Å². The average molecular weight is 301 g/mol. The van der Waals surface area contributed by atoms with E-state index in [9.17, 15) is 9.90 Å². The number of aryl methyl sites for hydroxylation is 3. The molecule has 4 nitrogen and oxygen atoms in total. The van der Waals surface area contributed by atoms with Crippen LogP contribution in [-0.2, 0) is 9.53 Å². The van der Waals surface area contributed by atoms with E-state index in [0.29, 0.717) is 12.0 Å². The van der Waals surface area contributed by atoms with Crippen LogP contribution in [0.25, 0.3) is 5.57 Å². The van der Waals surface area contributed by atoms with Crippen LogP contribution in [0.2, 0.25) is 0 Å². The Labute approximate surface area is 131 Å². The zero-order valence-electron chi connectivity index (χ0n) is 13.6. The van der Waals surface area contributed by atoms with Gasteiger partial charge in [0.2, 0.25) is 0 Å². The highest BCUT2D eigenvalue weighted by Crippen LogP contribution is 2.38. The van der Waals surface area contributed by atoms with Crippen molar-refractivity contribution >= 4 is 11.5 Å². The van der Waals surface area contributed by atoms with Gasteiger partial charge in [-0.1, -0.05) is 17.7 Å². The predicted molar refractivity (Wildman–Crippen MR) is 85.7 cm³/mol. The monoisotopic (exact) mass is 301 g/mol. The molecule has 2 atom stereocenters. The summed E-state index contributed by atoms with van der Waals surface area (Å²) in [5.74, 6) is -0.0278. The Morgan fingerprint density at radius 2 is 1.91 bits per heavy atom. The van der Waals surface area contributed by atoms with Crippen molar-refractivity contribution in [3.8, 4) is 0 Å². The van der Waals surface area contributed by atoms with E-state index in [-0.39, 0.29) is 17.8 Å². The van der Waals surface area contributed by atoms with E-state index in [2.05, 4.69) is 5.32 Å². The summed E-state index contributed by atoms with van der Waals surface area (Å²) < 4.78 is 5.23. The highest BCUT2D eigenvalue weighted by Gasteiger charge is 2.43. The summed E-state index contributed by atoms with van der Waals surface area (Å²) in [7, 11) is 0. The Kier molecular flexibility index (Phi) is 3.52. The number of nitrogens with one attached hydrogen (secondary N) is 1. The minimum absolute atomic E-state index is 0.160. The average Bonchev–Trinajstić information content (AvgIpc) is 3.20. The maximum atomic E-state index is 12.5. The van der Waals surface area contributed by atoms with Gasteiger partial charge in [0.15, 0.2) is 0 Å². The highest BCUT2D eigenvalue weighted by molar-refractivity contribution is 6.23. The van der Waals surface area contributed by atoms with Crippen LogP contribution in [0.3, 0.4) is 0 Å². The molecule has 2 aliphatic rings. The van der Waals surface area contributed by atoms with Gasteiger partial charge in [-0.05, 0) is 57.2 Å². The number of amides is 1. The first-order valence-electron chi connectivity index (χ1n) is 7.78. The molecule has 22 heavy (non-hydrogen) atoms. The molecule has 1 saturated heterocycles. The van der Waals surface area contributed by atoms with Crippen LogP contribution in [-0.4, -0.2) is 29.3 Å². The van der Waals surface area contributed by atoms with Gasteiger partial charge < -0.3 is 15.2 Å². The van der Waals surface area contributed by atoms with Crippen molar-refractivity contribution in [3.63, 3.8) is 0 Å². The molecule has 2 N–H and O–H groups in total. The van der Waals surface area contributed by atoms with Crippen molar-refractivity contribution in [1.82, 2.24) is 5.32 Å².